The highest BCUT2D eigenvalue weighted by Crippen LogP contribution is 2.25. The van der Waals surface area contributed by atoms with Crippen molar-refractivity contribution in [3.63, 3.8) is 0 Å². The minimum absolute atomic E-state index is 0.0591. The van der Waals surface area contributed by atoms with Crippen molar-refractivity contribution >= 4 is 11.8 Å². The maximum absolute atomic E-state index is 14.4. The number of piperazine rings is 1. The second-order valence-electron chi connectivity index (χ2n) is 7.31. The van der Waals surface area contributed by atoms with Crippen molar-refractivity contribution < 1.29 is 27.8 Å². The highest BCUT2D eigenvalue weighted by Gasteiger charge is 2.36. The zero-order chi connectivity index (χ0) is 22.0. The van der Waals surface area contributed by atoms with Gasteiger partial charge >= 0.3 is 0 Å². The lowest BCUT2D eigenvalue weighted by Crippen LogP contribution is -2.60. The van der Waals surface area contributed by atoms with E-state index in [1.165, 1.54) is 43.4 Å². The van der Waals surface area contributed by atoms with Gasteiger partial charge in [0.2, 0.25) is 0 Å². The monoisotopic (exact) mass is 418 g/mol. The van der Waals surface area contributed by atoms with Crippen molar-refractivity contribution in [2.75, 3.05) is 27.3 Å². The minimum Gasteiger partial charge on any atom is -0.497 e. The van der Waals surface area contributed by atoms with Crippen LogP contribution in [0.2, 0.25) is 0 Å². The number of rotatable bonds is 4. The van der Waals surface area contributed by atoms with E-state index in [2.05, 4.69) is 0 Å². The van der Waals surface area contributed by atoms with Crippen LogP contribution in [0.5, 0.6) is 11.5 Å². The lowest BCUT2D eigenvalue weighted by atomic mass is 10.0. The van der Waals surface area contributed by atoms with Crippen LogP contribution in [0.25, 0.3) is 0 Å². The third-order valence-corrected chi connectivity index (χ3v) is 5.25. The van der Waals surface area contributed by atoms with Gasteiger partial charge in [-0.2, -0.15) is 0 Å². The number of hydrogen-bond acceptors (Lipinski definition) is 4. The third-order valence-electron chi connectivity index (χ3n) is 5.25. The van der Waals surface area contributed by atoms with Crippen LogP contribution in [0.3, 0.4) is 0 Å². The van der Waals surface area contributed by atoms with E-state index in [1.54, 1.807) is 18.7 Å². The van der Waals surface area contributed by atoms with Gasteiger partial charge in [-0.25, -0.2) is 8.78 Å². The van der Waals surface area contributed by atoms with Crippen LogP contribution in [0.4, 0.5) is 8.78 Å². The highest BCUT2D eigenvalue weighted by molar-refractivity contribution is 5.96. The topological polar surface area (TPSA) is 59.1 Å². The smallest absolute Gasteiger partial charge is 0.257 e. The van der Waals surface area contributed by atoms with Gasteiger partial charge in [0.15, 0.2) is 0 Å². The summed E-state index contributed by atoms with van der Waals surface area (Å²) in [7, 11) is 2.84. The van der Waals surface area contributed by atoms with Gasteiger partial charge in [0.25, 0.3) is 11.8 Å². The lowest BCUT2D eigenvalue weighted by molar-refractivity contribution is 0.0249. The van der Waals surface area contributed by atoms with Crippen LogP contribution in [0.15, 0.2) is 36.4 Å². The summed E-state index contributed by atoms with van der Waals surface area (Å²) < 4.78 is 38.7. The highest BCUT2D eigenvalue weighted by atomic mass is 19.1. The fourth-order valence-electron chi connectivity index (χ4n) is 3.79. The van der Waals surface area contributed by atoms with E-state index in [9.17, 15) is 18.4 Å². The molecule has 1 heterocycles. The lowest BCUT2D eigenvalue weighted by Gasteiger charge is -2.44. The van der Waals surface area contributed by atoms with Gasteiger partial charge in [0.1, 0.15) is 23.1 Å². The molecule has 160 valence electrons. The van der Waals surface area contributed by atoms with E-state index < -0.39 is 23.4 Å². The van der Waals surface area contributed by atoms with Crippen molar-refractivity contribution in [1.29, 1.82) is 0 Å². The molecule has 0 radical (unpaired) electrons. The average molecular weight is 418 g/mol. The van der Waals surface area contributed by atoms with Crippen molar-refractivity contribution in [1.82, 2.24) is 9.80 Å². The largest absolute Gasteiger partial charge is 0.497 e. The fraction of sp³-hybridized carbons (Fsp3) is 0.364. The molecule has 1 saturated heterocycles. The van der Waals surface area contributed by atoms with Crippen LogP contribution in [-0.4, -0.2) is 61.0 Å². The number of carbonyl (C=O) groups is 2. The van der Waals surface area contributed by atoms with Crippen molar-refractivity contribution in [3.05, 3.63) is 59.2 Å². The third kappa shape index (κ3) is 4.08. The van der Waals surface area contributed by atoms with E-state index >= 15 is 0 Å². The van der Waals surface area contributed by atoms with Crippen molar-refractivity contribution in [3.8, 4) is 11.5 Å². The second-order valence-corrected chi connectivity index (χ2v) is 7.31. The average Bonchev–Trinajstić information content (AvgIpc) is 2.72. The molecule has 0 bridgehead atoms. The predicted octanol–water partition coefficient (Wildman–Crippen LogP) is 3.36. The molecule has 0 aliphatic carbocycles. The van der Waals surface area contributed by atoms with Crippen LogP contribution >= 0.6 is 0 Å². The Balaban J connectivity index is 1.78. The summed E-state index contributed by atoms with van der Waals surface area (Å²) in [6, 6.07) is 7.38. The summed E-state index contributed by atoms with van der Waals surface area (Å²) in [5.41, 5.74) is -0.119. The van der Waals surface area contributed by atoms with Gasteiger partial charge in [-0.15, -0.1) is 0 Å². The molecule has 2 atom stereocenters. The number of methoxy groups -OCH3 is 2. The molecular weight excluding hydrogens is 394 g/mol. The quantitative estimate of drug-likeness (QED) is 0.764. The molecule has 30 heavy (non-hydrogen) atoms. The van der Waals surface area contributed by atoms with Crippen LogP contribution < -0.4 is 9.47 Å². The van der Waals surface area contributed by atoms with Crippen molar-refractivity contribution in [2.24, 2.45) is 0 Å². The zero-order valence-electron chi connectivity index (χ0n) is 17.3. The van der Waals surface area contributed by atoms with Gasteiger partial charge in [0, 0.05) is 37.3 Å². The van der Waals surface area contributed by atoms with E-state index in [0.29, 0.717) is 11.5 Å². The molecule has 6 nitrogen and oxygen atoms in total. The van der Waals surface area contributed by atoms with Gasteiger partial charge in [-0.1, -0.05) is 0 Å². The molecule has 0 spiro atoms. The molecule has 0 aromatic heterocycles. The van der Waals surface area contributed by atoms with E-state index in [-0.39, 0.29) is 36.3 Å². The first-order valence-corrected chi connectivity index (χ1v) is 9.55. The second kappa shape index (κ2) is 8.69. The Morgan fingerprint density at radius 1 is 0.833 bits per heavy atom. The predicted molar refractivity (Wildman–Crippen MR) is 107 cm³/mol. The van der Waals surface area contributed by atoms with E-state index in [0.717, 1.165) is 12.1 Å². The molecule has 3 rings (SSSR count). The molecule has 1 aliphatic rings. The summed E-state index contributed by atoms with van der Waals surface area (Å²) >= 11 is 0. The molecule has 2 aromatic carbocycles. The van der Waals surface area contributed by atoms with Gasteiger partial charge in [0.05, 0.1) is 25.3 Å². The molecule has 8 heteroatoms. The Morgan fingerprint density at radius 2 is 1.27 bits per heavy atom. The zero-order valence-corrected chi connectivity index (χ0v) is 17.3. The normalized spacial score (nSPS) is 18.9. The molecular formula is C22H24F2N2O4. The van der Waals surface area contributed by atoms with Crippen LogP contribution in [0.1, 0.15) is 34.6 Å². The number of benzene rings is 2. The fourth-order valence-corrected chi connectivity index (χ4v) is 3.79. The Bertz CT molecular complexity index is 954. The molecule has 1 aliphatic heterocycles. The van der Waals surface area contributed by atoms with E-state index in [4.69, 9.17) is 9.47 Å². The number of amides is 2. The molecule has 0 saturated carbocycles. The summed E-state index contributed by atoms with van der Waals surface area (Å²) in [6.45, 7) is 3.97. The summed E-state index contributed by atoms with van der Waals surface area (Å²) in [5.74, 6) is -1.62. The van der Waals surface area contributed by atoms with Gasteiger partial charge in [-0.3, -0.25) is 9.59 Å². The molecule has 2 aromatic rings. The first-order valence-electron chi connectivity index (χ1n) is 9.55. The maximum atomic E-state index is 14.4. The van der Waals surface area contributed by atoms with Gasteiger partial charge in [-0.05, 0) is 38.1 Å². The van der Waals surface area contributed by atoms with Crippen LogP contribution in [-0.2, 0) is 0 Å². The van der Waals surface area contributed by atoms with Crippen LogP contribution in [0, 0.1) is 11.6 Å². The molecule has 0 N–H and O–H groups in total. The molecule has 2 amide bonds. The number of hydrogen-bond donors (Lipinski definition) is 0. The van der Waals surface area contributed by atoms with Crippen molar-refractivity contribution in [2.45, 2.75) is 25.9 Å². The standard InChI is InChI=1S/C22H24F2N2O4/c1-13-11-25(21(27)17-7-5-15(29-3)9-19(17)23)12-14(2)26(13)22(28)18-8-6-16(30-4)10-20(18)24/h5-10,13-14H,11-12H2,1-4H3/t13-,14-/m1/s1. The number of ether oxygens (including phenoxy) is 2. The summed E-state index contributed by atoms with van der Waals surface area (Å²) in [4.78, 5) is 28.9. The Morgan fingerprint density at radius 3 is 1.67 bits per heavy atom. The molecule has 0 unspecified atom stereocenters. The summed E-state index contributed by atoms with van der Waals surface area (Å²) in [6.07, 6.45) is 0. The first-order chi connectivity index (χ1) is 14.3. The van der Waals surface area contributed by atoms with E-state index in [1.807, 2.05) is 0 Å². The number of nitrogens with zero attached hydrogens (tertiary/aromatic N) is 2. The Labute approximate surface area is 174 Å². The SMILES string of the molecule is COc1ccc(C(=O)N2C[C@@H](C)N(C(=O)c3ccc(OC)cc3F)[C@H](C)C2)c(F)c1. The number of halogens is 2. The molecule has 1 fully saturated rings. The minimum atomic E-state index is -0.669. The maximum Gasteiger partial charge on any atom is 0.257 e. The number of carbonyl (C=O) groups excluding carboxylic acids is 2. The summed E-state index contributed by atoms with van der Waals surface area (Å²) in [5, 5.41) is 0. The first kappa shape index (κ1) is 21.5. The van der Waals surface area contributed by atoms with Gasteiger partial charge < -0.3 is 19.3 Å². The Hall–Kier alpha value is -3.16. The Kier molecular flexibility index (Phi) is 6.24.